The Balaban J connectivity index is 0.00000131. The van der Waals surface area contributed by atoms with Gasteiger partial charge < -0.3 is 9.88 Å². The Morgan fingerprint density at radius 2 is 1.82 bits per heavy atom. The van der Waals surface area contributed by atoms with E-state index in [4.69, 9.17) is 9.82 Å². The molecule has 3 rings (SSSR count). The molecule has 0 saturated carbocycles. The van der Waals surface area contributed by atoms with E-state index in [1.54, 1.807) is 6.07 Å². The SMILES string of the molecule is C/C=C\C.C=CCc1c(-c2ccccc2)nc(C)n1CCCCCCNC(=O)O/N=C/c1cccc([N+](=O)[O-])c1. The monoisotopic (exact) mass is 545 g/mol. The van der Waals surface area contributed by atoms with Gasteiger partial charge >= 0.3 is 6.09 Å². The number of carbonyl (C=O) groups excluding carboxylic acids is 1. The largest absolute Gasteiger partial charge is 0.433 e. The summed E-state index contributed by atoms with van der Waals surface area (Å²) in [6, 6.07) is 16.1. The highest BCUT2D eigenvalue weighted by molar-refractivity contribution is 5.81. The van der Waals surface area contributed by atoms with Crippen molar-refractivity contribution in [3.8, 4) is 11.3 Å². The van der Waals surface area contributed by atoms with E-state index in [0.717, 1.165) is 55.7 Å². The molecule has 9 nitrogen and oxygen atoms in total. The zero-order chi connectivity index (χ0) is 29.2. The van der Waals surface area contributed by atoms with Gasteiger partial charge in [0.2, 0.25) is 0 Å². The number of unbranched alkanes of at least 4 members (excludes halogenated alkanes) is 3. The van der Waals surface area contributed by atoms with E-state index in [2.05, 4.69) is 33.8 Å². The van der Waals surface area contributed by atoms with E-state index in [-0.39, 0.29) is 5.69 Å². The van der Waals surface area contributed by atoms with E-state index in [1.807, 2.05) is 57.2 Å². The first-order valence-electron chi connectivity index (χ1n) is 13.4. The van der Waals surface area contributed by atoms with Gasteiger partial charge in [0.05, 0.1) is 16.8 Å². The molecule has 9 heteroatoms. The van der Waals surface area contributed by atoms with Gasteiger partial charge in [-0.3, -0.25) is 15.0 Å². The predicted octanol–water partition coefficient (Wildman–Crippen LogP) is 7.40. The smallest absolute Gasteiger partial charge is 0.331 e. The second-order valence-corrected chi connectivity index (χ2v) is 8.94. The molecule has 2 aromatic carbocycles. The molecule has 0 aliphatic heterocycles. The number of amides is 1. The number of carbonyl (C=O) groups is 1. The van der Waals surface area contributed by atoms with Crippen LogP contribution in [-0.2, 0) is 17.8 Å². The molecule has 0 radical (unpaired) electrons. The molecule has 0 bridgehead atoms. The maximum atomic E-state index is 11.8. The van der Waals surface area contributed by atoms with Crippen LogP contribution in [0.5, 0.6) is 0 Å². The third-order valence-corrected chi connectivity index (χ3v) is 5.98. The number of aryl methyl sites for hydroxylation is 1. The van der Waals surface area contributed by atoms with Crippen LogP contribution in [0, 0.1) is 17.0 Å². The second-order valence-electron chi connectivity index (χ2n) is 8.94. The number of rotatable bonds is 13. The molecule has 1 aromatic heterocycles. The Morgan fingerprint density at radius 3 is 2.50 bits per heavy atom. The number of allylic oxidation sites excluding steroid dienone is 3. The van der Waals surface area contributed by atoms with Gasteiger partial charge in [-0.2, -0.15) is 0 Å². The number of oxime groups is 1. The summed E-state index contributed by atoms with van der Waals surface area (Å²) in [6.45, 7) is 11.3. The van der Waals surface area contributed by atoms with Crippen LogP contribution in [0.4, 0.5) is 10.5 Å². The maximum Gasteiger partial charge on any atom is 0.433 e. The lowest BCUT2D eigenvalue weighted by Crippen LogP contribution is -2.23. The number of hydrogen-bond donors (Lipinski definition) is 1. The molecule has 0 atom stereocenters. The quantitative estimate of drug-likeness (QED) is 0.0601. The van der Waals surface area contributed by atoms with Gasteiger partial charge in [0.25, 0.3) is 5.69 Å². The van der Waals surface area contributed by atoms with Crippen molar-refractivity contribution in [1.29, 1.82) is 0 Å². The highest BCUT2D eigenvalue weighted by Gasteiger charge is 2.14. The highest BCUT2D eigenvalue weighted by atomic mass is 16.7. The van der Waals surface area contributed by atoms with Crippen molar-refractivity contribution >= 4 is 18.0 Å². The number of nitro benzene ring substituents is 1. The molecule has 1 N–H and O–H groups in total. The van der Waals surface area contributed by atoms with Gasteiger partial charge in [0, 0.05) is 48.5 Å². The summed E-state index contributed by atoms with van der Waals surface area (Å²) in [5.41, 5.74) is 3.73. The Bertz CT molecular complexity index is 1280. The molecule has 3 aromatic rings. The highest BCUT2D eigenvalue weighted by Crippen LogP contribution is 2.25. The van der Waals surface area contributed by atoms with E-state index >= 15 is 0 Å². The summed E-state index contributed by atoms with van der Waals surface area (Å²) in [7, 11) is 0. The first-order chi connectivity index (χ1) is 19.4. The molecule has 0 spiro atoms. The number of nitro groups is 1. The van der Waals surface area contributed by atoms with Crippen molar-refractivity contribution in [3.05, 3.63) is 107 Å². The molecule has 1 amide bonds. The molecule has 0 unspecified atom stereocenters. The van der Waals surface area contributed by atoms with E-state index < -0.39 is 11.0 Å². The zero-order valence-electron chi connectivity index (χ0n) is 23.6. The fourth-order valence-electron chi connectivity index (χ4n) is 3.90. The number of aromatic nitrogens is 2. The van der Waals surface area contributed by atoms with Crippen LogP contribution in [0.25, 0.3) is 11.3 Å². The summed E-state index contributed by atoms with van der Waals surface area (Å²) in [6.07, 6.45) is 11.1. The summed E-state index contributed by atoms with van der Waals surface area (Å²) in [5.74, 6) is 1.00. The van der Waals surface area contributed by atoms with Crippen molar-refractivity contribution in [2.75, 3.05) is 6.54 Å². The maximum absolute atomic E-state index is 11.8. The third-order valence-electron chi connectivity index (χ3n) is 5.98. The van der Waals surface area contributed by atoms with Crippen LogP contribution in [0.2, 0.25) is 0 Å². The van der Waals surface area contributed by atoms with Gasteiger partial charge in [-0.15, -0.1) is 6.58 Å². The number of imidazole rings is 1. The first kappa shape index (κ1) is 31.7. The molecular weight excluding hydrogens is 506 g/mol. The Kier molecular flexibility index (Phi) is 14.2. The molecule has 0 fully saturated rings. The fourth-order valence-corrected chi connectivity index (χ4v) is 3.90. The number of benzene rings is 2. The van der Waals surface area contributed by atoms with Gasteiger partial charge in [-0.1, -0.05) is 78.7 Å². The van der Waals surface area contributed by atoms with Crippen molar-refractivity contribution < 1.29 is 14.6 Å². The van der Waals surface area contributed by atoms with Crippen molar-refractivity contribution in [3.63, 3.8) is 0 Å². The minimum Gasteiger partial charge on any atom is -0.331 e. The van der Waals surface area contributed by atoms with Crippen LogP contribution >= 0.6 is 0 Å². The molecule has 0 saturated heterocycles. The summed E-state index contributed by atoms with van der Waals surface area (Å²) in [4.78, 5) is 31.6. The van der Waals surface area contributed by atoms with Crippen molar-refractivity contribution in [1.82, 2.24) is 14.9 Å². The number of nitrogens with one attached hydrogen (secondary N) is 1. The third kappa shape index (κ3) is 10.7. The Hall–Kier alpha value is -4.53. The van der Waals surface area contributed by atoms with Crippen LogP contribution in [0.15, 0.2) is 84.6 Å². The van der Waals surface area contributed by atoms with Crippen molar-refractivity contribution in [2.24, 2.45) is 5.16 Å². The van der Waals surface area contributed by atoms with Crippen molar-refractivity contribution in [2.45, 2.75) is 59.4 Å². The average molecular weight is 546 g/mol. The topological polar surface area (TPSA) is 112 Å². The Morgan fingerprint density at radius 1 is 1.10 bits per heavy atom. The molecule has 212 valence electrons. The van der Waals surface area contributed by atoms with Gasteiger partial charge in [0.15, 0.2) is 0 Å². The van der Waals surface area contributed by atoms with E-state index in [9.17, 15) is 14.9 Å². The Labute approximate surface area is 236 Å². The summed E-state index contributed by atoms with van der Waals surface area (Å²) in [5, 5.41) is 17.0. The van der Waals surface area contributed by atoms with Gasteiger partial charge in [0.1, 0.15) is 5.82 Å². The van der Waals surface area contributed by atoms with Crippen LogP contribution in [0.3, 0.4) is 0 Å². The van der Waals surface area contributed by atoms with Crippen LogP contribution in [-0.4, -0.2) is 33.3 Å². The zero-order valence-corrected chi connectivity index (χ0v) is 23.6. The molecule has 1 heterocycles. The fraction of sp³-hybridized carbons (Fsp3) is 0.323. The standard InChI is InChI=1S/C27H31N5O4.C4H8/c1-3-12-25-26(23-14-7-6-8-15-23)30-21(2)31(25)18-10-5-4-9-17-28-27(33)36-29-20-22-13-11-16-24(19-22)32(34)35;1-3-4-2/h3,6-8,11,13-16,19-20H,1,4-5,9-10,12,17-18H2,2H3,(H,28,33);3-4H,1-2H3/b29-20+;4-3-. The average Bonchev–Trinajstić information content (AvgIpc) is 3.28. The first-order valence-corrected chi connectivity index (χ1v) is 13.4. The molecule has 0 aliphatic rings. The normalized spacial score (nSPS) is 10.8. The number of hydrogen-bond acceptors (Lipinski definition) is 6. The molecular formula is C31H39N5O4. The minimum absolute atomic E-state index is 0.0554. The summed E-state index contributed by atoms with van der Waals surface area (Å²) >= 11 is 0. The number of non-ortho nitro benzene ring substituents is 1. The van der Waals surface area contributed by atoms with Gasteiger partial charge in [-0.05, 0) is 33.6 Å². The molecule has 40 heavy (non-hydrogen) atoms. The van der Waals surface area contributed by atoms with Crippen LogP contribution < -0.4 is 5.32 Å². The lowest BCUT2D eigenvalue weighted by Gasteiger charge is -2.10. The van der Waals surface area contributed by atoms with E-state index in [1.165, 1.54) is 30.1 Å². The summed E-state index contributed by atoms with van der Waals surface area (Å²) < 4.78 is 2.28. The second kappa shape index (κ2) is 17.9. The minimum atomic E-state index is -0.659. The number of nitrogens with zero attached hydrogens (tertiary/aromatic N) is 4. The van der Waals surface area contributed by atoms with Crippen LogP contribution in [0.1, 0.15) is 56.6 Å². The molecule has 0 aliphatic carbocycles. The lowest BCUT2D eigenvalue weighted by atomic mass is 10.1. The lowest BCUT2D eigenvalue weighted by molar-refractivity contribution is -0.384. The predicted molar refractivity (Wildman–Crippen MR) is 160 cm³/mol. The van der Waals surface area contributed by atoms with E-state index in [0.29, 0.717) is 12.1 Å². The van der Waals surface area contributed by atoms with Gasteiger partial charge in [-0.25, -0.2) is 9.78 Å².